The average molecular weight is 285 g/mol. The maximum atomic E-state index is 5.58. The minimum atomic E-state index is 0.00669. The minimum Gasteiger partial charge on any atom is -0.377 e. The van der Waals surface area contributed by atoms with Gasteiger partial charge in [0.25, 0.3) is 0 Å². The molecule has 2 rings (SSSR count). The number of aromatic nitrogens is 2. The van der Waals surface area contributed by atoms with Crippen LogP contribution >= 0.6 is 11.5 Å². The van der Waals surface area contributed by atoms with Crippen LogP contribution in [0.4, 0.5) is 5.13 Å². The van der Waals surface area contributed by atoms with Crippen LogP contribution in [0, 0.1) is 0 Å². The zero-order valence-corrected chi connectivity index (χ0v) is 12.8. The van der Waals surface area contributed by atoms with Gasteiger partial charge in [-0.1, -0.05) is 20.8 Å². The molecule has 1 atom stereocenters. The molecule has 1 N–H and O–H groups in total. The Balaban J connectivity index is 1.61. The predicted molar refractivity (Wildman–Crippen MR) is 76.9 cm³/mol. The summed E-state index contributed by atoms with van der Waals surface area (Å²) in [7, 11) is 0. The zero-order valence-electron chi connectivity index (χ0n) is 11.9. The number of anilines is 1. The lowest BCUT2D eigenvalue weighted by Gasteiger charge is -2.12. The summed E-state index contributed by atoms with van der Waals surface area (Å²) in [5, 5.41) is 4.11. The van der Waals surface area contributed by atoms with E-state index in [0.29, 0.717) is 19.3 Å². The molecule has 1 aliphatic rings. The van der Waals surface area contributed by atoms with Crippen molar-refractivity contribution < 1.29 is 9.47 Å². The Morgan fingerprint density at radius 1 is 1.47 bits per heavy atom. The molecule has 0 bridgehead atoms. The van der Waals surface area contributed by atoms with Crippen LogP contribution < -0.4 is 5.32 Å². The Kier molecular flexibility index (Phi) is 5.13. The quantitative estimate of drug-likeness (QED) is 0.814. The van der Waals surface area contributed by atoms with E-state index in [-0.39, 0.29) is 5.41 Å². The fraction of sp³-hybridized carbons (Fsp3) is 0.846. The number of ether oxygens (including phenoxy) is 2. The molecule has 0 radical (unpaired) electrons. The van der Waals surface area contributed by atoms with Crippen molar-refractivity contribution in [3.8, 4) is 0 Å². The van der Waals surface area contributed by atoms with E-state index in [1.54, 1.807) is 0 Å². The van der Waals surface area contributed by atoms with Crippen molar-refractivity contribution in [2.75, 3.05) is 31.7 Å². The summed E-state index contributed by atoms with van der Waals surface area (Å²) in [6.07, 6.45) is 2.58. The van der Waals surface area contributed by atoms with Gasteiger partial charge >= 0.3 is 0 Å². The normalized spacial score (nSPS) is 19.8. The van der Waals surface area contributed by atoms with Gasteiger partial charge in [0, 0.05) is 30.1 Å². The van der Waals surface area contributed by atoms with Crippen LogP contribution in [-0.4, -0.2) is 41.8 Å². The summed E-state index contributed by atoms with van der Waals surface area (Å²) in [6, 6.07) is 0. The van der Waals surface area contributed by atoms with Crippen molar-refractivity contribution in [2.24, 2.45) is 0 Å². The molecular formula is C13H23N3O2S. The molecule has 0 spiro atoms. The third kappa shape index (κ3) is 4.71. The Morgan fingerprint density at radius 3 is 2.95 bits per heavy atom. The first-order valence-electron chi connectivity index (χ1n) is 6.83. The Labute approximate surface area is 118 Å². The summed E-state index contributed by atoms with van der Waals surface area (Å²) < 4.78 is 15.4. The lowest BCUT2D eigenvalue weighted by atomic mass is 9.96. The van der Waals surface area contributed by atoms with Gasteiger partial charge in [-0.15, -0.1) is 0 Å². The first-order chi connectivity index (χ1) is 9.05. The lowest BCUT2D eigenvalue weighted by molar-refractivity contribution is 0.0206. The van der Waals surface area contributed by atoms with E-state index in [0.717, 1.165) is 36.9 Å². The Bertz CT molecular complexity index is 383. The average Bonchev–Trinajstić information content (AvgIpc) is 2.97. The fourth-order valence-electron chi connectivity index (χ4n) is 1.82. The third-order valence-corrected chi connectivity index (χ3v) is 3.62. The summed E-state index contributed by atoms with van der Waals surface area (Å²) in [5.41, 5.74) is 0.00669. The molecule has 0 saturated carbocycles. The Morgan fingerprint density at radius 2 is 2.32 bits per heavy atom. The smallest absolute Gasteiger partial charge is 0.202 e. The van der Waals surface area contributed by atoms with Crippen LogP contribution in [0.25, 0.3) is 0 Å². The van der Waals surface area contributed by atoms with Crippen LogP contribution in [0.1, 0.15) is 39.4 Å². The molecule has 108 valence electrons. The maximum absolute atomic E-state index is 5.58. The topological polar surface area (TPSA) is 56.3 Å². The SMILES string of the molecule is CC(C)(C)c1nsc(NCCOCC2CCCO2)n1. The van der Waals surface area contributed by atoms with Gasteiger partial charge in [-0.3, -0.25) is 0 Å². The number of hydrogen-bond acceptors (Lipinski definition) is 6. The Hall–Kier alpha value is -0.720. The third-order valence-electron chi connectivity index (χ3n) is 2.95. The summed E-state index contributed by atoms with van der Waals surface area (Å²) in [6.45, 7) is 9.35. The van der Waals surface area contributed by atoms with Crippen molar-refractivity contribution in [3.63, 3.8) is 0 Å². The van der Waals surface area contributed by atoms with E-state index < -0.39 is 0 Å². The van der Waals surface area contributed by atoms with Crippen LogP contribution in [0.15, 0.2) is 0 Å². The largest absolute Gasteiger partial charge is 0.377 e. The van der Waals surface area contributed by atoms with Crippen LogP contribution in [-0.2, 0) is 14.9 Å². The highest BCUT2D eigenvalue weighted by atomic mass is 32.1. The highest BCUT2D eigenvalue weighted by Crippen LogP contribution is 2.22. The van der Waals surface area contributed by atoms with E-state index in [1.165, 1.54) is 11.5 Å². The highest BCUT2D eigenvalue weighted by Gasteiger charge is 2.19. The molecule has 1 aromatic rings. The molecule has 5 nitrogen and oxygen atoms in total. The molecule has 0 aromatic carbocycles. The molecule has 1 fully saturated rings. The number of rotatable bonds is 6. The molecule has 6 heteroatoms. The second-order valence-electron chi connectivity index (χ2n) is 5.81. The molecular weight excluding hydrogens is 262 g/mol. The van der Waals surface area contributed by atoms with E-state index in [2.05, 4.69) is 35.4 Å². The minimum absolute atomic E-state index is 0.00669. The van der Waals surface area contributed by atoms with E-state index in [4.69, 9.17) is 9.47 Å². The van der Waals surface area contributed by atoms with Gasteiger partial charge in [-0.25, -0.2) is 4.98 Å². The molecule has 1 saturated heterocycles. The van der Waals surface area contributed by atoms with E-state index in [1.807, 2.05) is 0 Å². The fourth-order valence-corrected chi connectivity index (χ4v) is 2.60. The second kappa shape index (κ2) is 6.63. The monoisotopic (exact) mass is 285 g/mol. The van der Waals surface area contributed by atoms with Crippen LogP contribution in [0.5, 0.6) is 0 Å². The predicted octanol–water partition coefficient (Wildman–Crippen LogP) is 2.44. The van der Waals surface area contributed by atoms with Crippen LogP contribution in [0.3, 0.4) is 0 Å². The van der Waals surface area contributed by atoms with Gasteiger partial charge in [0.1, 0.15) is 5.82 Å². The van der Waals surface area contributed by atoms with Crippen molar-refractivity contribution in [1.82, 2.24) is 9.36 Å². The second-order valence-corrected chi connectivity index (χ2v) is 6.56. The highest BCUT2D eigenvalue weighted by molar-refractivity contribution is 7.09. The van der Waals surface area contributed by atoms with Gasteiger partial charge in [-0.05, 0) is 12.8 Å². The first kappa shape index (κ1) is 14.7. The molecule has 0 amide bonds. The van der Waals surface area contributed by atoms with Crippen molar-refractivity contribution >= 4 is 16.7 Å². The molecule has 2 heterocycles. The number of nitrogens with one attached hydrogen (secondary N) is 1. The van der Waals surface area contributed by atoms with E-state index >= 15 is 0 Å². The molecule has 1 aliphatic heterocycles. The summed E-state index contributed by atoms with van der Waals surface area (Å²) in [5.74, 6) is 0.889. The van der Waals surface area contributed by atoms with Crippen molar-refractivity contribution in [2.45, 2.75) is 45.1 Å². The molecule has 19 heavy (non-hydrogen) atoms. The molecule has 0 aliphatic carbocycles. The molecule has 1 unspecified atom stereocenters. The molecule has 1 aromatic heterocycles. The van der Waals surface area contributed by atoms with Crippen molar-refractivity contribution in [3.05, 3.63) is 5.82 Å². The van der Waals surface area contributed by atoms with Crippen molar-refractivity contribution in [1.29, 1.82) is 0 Å². The van der Waals surface area contributed by atoms with Gasteiger partial charge < -0.3 is 14.8 Å². The standard InChI is InChI=1S/C13H23N3O2S/c1-13(2,3)11-15-12(19-16-11)14-6-8-17-9-10-5-4-7-18-10/h10H,4-9H2,1-3H3,(H,14,15,16). The van der Waals surface area contributed by atoms with Gasteiger partial charge in [0.05, 0.1) is 19.3 Å². The first-order valence-corrected chi connectivity index (χ1v) is 7.60. The lowest BCUT2D eigenvalue weighted by Crippen LogP contribution is -2.18. The van der Waals surface area contributed by atoms with E-state index in [9.17, 15) is 0 Å². The maximum Gasteiger partial charge on any atom is 0.202 e. The summed E-state index contributed by atoms with van der Waals surface area (Å²) in [4.78, 5) is 4.47. The van der Waals surface area contributed by atoms with Gasteiger partial charge in [0.2, 0.25) is 5.13 Å². The van der Waals surface area contributed by atoms with Gasteiger partial charge in [0.15, 0.2) is 0 Å². The zero-order chi connectivity index (χ0) is 13.7. The van der Waals surface area contributed by atoms with Gasteiger partial charge in [-0.2, -0.15) is 4.37 Å². The van der Waals surface area contributed by atoms with Crippen LogP contribution in [0.2, 0.25) is 0 Å². The number of hydrogen-bond donors (Lipinski definition) is 1. The summed E-state index contributed by atoms with van der Waals surface area (Å²) >= 11 is 1.41. The number of nitrogens with zero attached hydrogens (tertiary/aromatic N) is 2.